The van der Waals surface area contributed by atoms with Gasteiger partial charge in [0, 0.05) is 42.6 Å². The van der Waals surface area contributed by atoms with Crippen molar-refractivity contribution in [3.05, 3.63) is 77.2 Å². The number of amides is 1. The van der Waals surface area contributed by atoms with Crippen LogP contribution in [0.4, 0.5) is 0 Å². The normalized spacial score (nSPS) is 24.2. The summed E-state index contributed by atoms with van der Waals surface area (Å²) < 4.78 is 11.8. The molecule has 5 aliphatic rings. The van der Waals surface area contributed by atoms with Crippen LogP contribution in [0.25, 0.3) is 28.0 Å². The first-order valence-corrected chi connectivity index (χ1v) is 19.0. The number of aliphatic hydroxyl groups is 1. The number of fused-ring (bicyclic) bond motifs is 5. The molecule has 2 aromatic carbocycles. The average molecular weight is 705 g/mol. The van der Waals surface area contributed by atoms with Gasteiger partial charge in [0.2, 0.25) is 5.91 Å². The van der Waals surface area contributed by atoms with Crippen molar-refractivity contribution in [2.45, 2.75) is 96.5 Å². The lowest BCUT2D eigenvalue weighted by Gasteiger charge is -2.34. The number of aliphatic hydroxyl groups excluding tert-OH is 1. The molecular weight excluding hydrogens is 653 g/mol. The SMILES string of the molecule is C=C(N[C@H](C(=O)N1[C@@H](C)CC[C@H]1C1=NC2=C(C1)c1cc3c(cc1CC2)-c1ccc(-c2cnc([C@@H]4C[C@H](CCO)CN4C)[nH]2)cc1CO3)C(C)C)OC. The zero-order valence-corrected chi connectivity index (χ0v) is 31.2. The van der Waals surface area contributed by atoms with Gasteiger partial charge in [0.05, 0.1) is 31.1 Å². The second kappa shape index (κ2) is 13.9. The Balaban J connectivity index is 1.00. The van der Waals surface area contributed by atoms with Crippen LogP contribution in [0.1, 0.15) is 87.9 Å². The Morgan fingerprint density at radius 1 is 1.13 bits per heavy atom. The van der Waals surface area contributed by atoms with Gasteiger partial charge in [-0.2, -0.15) is 0 Å². The maximum Gasteiger partial charge on any atom is 0.246 e. The Morgan fingerprint density at radius 2 is 1.98 bits per heavy atom. The van der Waals surface area contributed by atoms with Crippen molar-refractivity contribution in [2.75, 3.05) is 27.3 Å². The van der Waals surface area contributed by atoms with Gasteiger partial charge < -0.3 is 29.8 Å². The first kappa shape index (κ1) is 34.7. The highest BCUT2D eigenvalue weighted by Crippen LogP contribution is 2.47. The smallest absolute Gasteiger partial charge is 0.246 e. The van der Waals surface area contributed by atoms with Gasteiger partial charge in [-0.25, -0.2) is 4.98 Å². The fourth-order valence-electron chi connectivity index (χ4n) is 9.27. The molecule has 5 atom stereocenters. The monoisotopic (exact) mass is 704 g/mol. The lowest BCUT2D eigenvalue weighted by Crippen LogP contribution is -2.54. The van der Waals surface area contributed by atoms with Gasteiger partial charge in [-0.15, -0.1) is 0 Å². The molecule has 274 valence electrons. The number of nitrogens with one attached hydrogen (secondary N) is 2. The number of benzene rings is 2. The van der Waals surface area contributed by atoms with Crippen molar-refractivity contribution in [1.29, 1.82) is 0 Å². The number of hydrogen-bond donors (Lipinski definition) is 3. The molecule has 0 saturated carbocycles. The number of H-pyrrole nitrogens is 1. The van der Waals surface area contributed by atoms with E-state index in [1.807, 2.05) is 6.20 Å². The fourth-order valence-corrected chi connectivity index (χ4v) is 9.27. The van der Waals surface area contributed by atoms with E-state index in [-0.39, 0.29) is 36.6 Å². The zero-order valence-electron chi connectivity index (χ0n) is 31.2. The van der Waals surface area contributed by atoms with E-state index in [0.29, 0.717) is 18.4 Å². The number of ether oxygens (including phenoxy) is 2. The number of nitrogens with zero attached hydrogens (tertiary/aromatic N) is 4. The Kier molecular flexibility index (Phi) is 9.24. The molecule has 1 aliphatic carbocycles. The van der Waals surface area contributed by atoms with E-state index in [1.54, 1.807) is 7.11 Å². The van der Waals surface area contributed by atoms with E-state index in [9.17, 15) is 9.90 Å². The lowest BCUT2D eigenvalue weighted by atomic mass is 9.83. The summed E-state index contributed by atoms with van der Waals surface area (Å²) in [4.78, 5) is 32.1. The quantitative estimate of drug-likeness (QED) is 0.203. The van der Waals surface area contributed by atoms with E-state index in [4.69, 9.17) is 19.5 Å². The standard InChI is InChI=1S/C42H52N6O4/c1-23(2)40(44-25(4)51-6)42(50)48-24(3)7-12-37(48)35-18-32-31-19-39-33(17-27(31)9-11-34(32)45-35)30-10-8-28(16-29(30)22-52-39)36-20-43-41(46-36)38-15-26(13-14-49)21-47(38)5/h8,10,16-17,19-20,23-24,26,37-38,40,44,49H,4,7,9,11-15,18,21-22H2,1-3,5-6H3,(H,43,46)/t24-,26-,37-,38-,40-/m0/s1. The van der Waals surface area contributed by atoms with Crippen LogP contribution in [0.3, 0.4) is 0 Å². The summed E-state index contributed by atoms with van der Waals surface area (Å²) in [6.07, 6.45) is 8.26. The van der Waals surface area contributed by atoms with Crippen LogP contribution in [-0.4, -0.2) is 81.9 Å². The highest BCUT2D eigenvalue weighted by molar-refractivity contribution is 6.05. The van der Waals surface area contributed by atoms with Crippen LogP contribution < -0.4 is 10.1 Å². The van der Waals surface area contributed by atoms with Crippen LogP contribution in [0, 0.1) is 11.8 Å². The molecule has 52 heavy (non-hydrogen) atoms. The number of allylic oxidation sites excluding steroid dienone is 2. The second-order valence-electron chi connectivity index (χ2n) is 15.8. The number of carbonyl (C=O) groups excluding carboxylic acids is 1. The number of aromatic amines is 1. The zero-order chi connectivity index (χ0) is 36.3. The minimum Gasteiger partial charge on any atom is -0.488 e. The van der Waals surface area contributed by atoms with Crippen molar-refractivity contribution < 1.29 is 19.4 Å². The molecule has 2 fully saturated rings. The summed E-state index contributed by atoms with van der Waals surface area (Å²) in [5, 5.41) is 12.6. The number of carbonyl (C=O) groups is 1. The van der Waals surface area contributed by atoms with Crippen LogP contribution in [0.5, 0.6) is 5.75 Å². The summed E-state index contributed by atoms with van der Waals surface area (Å²) >= 11 is 0. The van der Waals surface area contributed by atoms with Crippen molar-refractivity contribution in [3.8, 4) is 28.1 Å². The van der Waals surface area contributed by atoms with Crippen LogP contribution in [0.15, 0.2) is 59.7 Å². The van der Waals surface area contributed by atoms with Gasteiger partial charge in [0.15, 0.2) is 5.88 Å². The highest BCUT2D eigenvalue weighted by Gasteiger charge is 2.43. The van der Waals surface area contributed by atoms with Gasteiger partial charge in [-0.3, -0.25) is 14.7 Å². The third-order valence-corrected chi connectivity index (χ3v) is 12.1. The topological polar surface area (TPSA) is 115 Å². The molecule has 10 heteroatoms. The van der Waals surface area contributed by atoms with Gasteiger partial charge in [-0.1, -0.05) is 26.0 Å². The number of aliphatic imine (C=N–C) groups is 1. The Labute approximate surface area is 307 Å². The Morgan fingerprint density at radius 3 is 2.77 bits per heavy atom. The molecule has 0 radical (unpaired) electrons. The van der Waals surface area contributed by atoms with Crippen LogP contribution >= 0.6 is 0 Å². The number of imidazole rings is 1. The summed E-state index contributed by atoms with van der Waals surface area (Å²) in [7, 11) is 3.71. The van der Waals surface area contributed by atoms with Gasteiger partial charge in [0.1, 0.15) is 24.2 Å². The highest BCUT2D eigenvalue weighted by atomic mass is 16.5. The summed E-state index contributed by atoms with van der Waals surface area (Å²) in [6.45, 7) is 11.9. The fraction of sp³-hybridized carbons (Fsp3) is 0.500. The van der Waals surface area contributed by atoms with Crippen LogP contribution in [0.2, 0.25) is 0 Å². The van der Waals surface area contributed by atoms with Gasteiger partial charge >= 0.3 is 0 Å². The van der Waals surface area contributed by atoms with Crippen molar-refractivity contribution in [2.24, 2.45) is 16.8 Å². The number of likely N-dealkylation sites (tertiary alicyclic amines) is 2. The van der Waals surface area contributed by atoms with Crippen molar-refractivity contribution >= 4 is 17.2 Å². The molecule has 0 bridgehead atoms. The minimum absolute atomic E-state index is 0.0152. The maximum atomic E-state index is 14.1. The number of hydrogen-bond acceptors (Lipinski definition) is 8. The maximum absolute atomic E-state index is 14.1. The molecule has 0 unspecified atom stereocenters. The van der Waals surface area contributed by atoms with E-state index in [2.05, 4.69) is 84.8 Å². The van der Waals surface area contributed by atoms with Gasteiger partial charge in [-0.05, 0) is 123 Å². The number of rotatable bonds is 10. The first-order valence-electron chi connectivity index (χ1n) is 19.0. The van der Waals surface area contributed by atoms with E-state index in [0.717, 1.165) is 91.3 Å². The molecule has 2 saturated heterocycles. The van der Waals surface area contributed by atoms with E-state index < -0.39 is 6.04 Å². The predicted molar refractivity (Wildman–Crippen MR) is 204 cm³/mol. The summed E-state index contributed by atoms with van der Waals surface area (Å²) in [5.41, 5.74) is 11.8. The number of aryl methyl sites for hydroxylation is 1. The largest absolute Gasteiger partial charge is 0.488 e. The number of methoxy groups -OCH3 is 1. The molecule has 3 aromatic rings. The predicted octanol–water partition coefficient (Wildman–Crippen LogP) is 6.62. The van der Waals surface area contributed by atoms with Crippen LogP contribution in [-0.2, 0) is 22.6 Å². The third kappa shape index (κ3) is 6.13. The van der Waals surface area contributed by atoms with Crippen molar-refractivity contribution in [1.82, 2.24) is 25.1 Å². The summed E-state index contributed by atoms with van der Waals surface area (Å²) in [6, 6.07) is 11.2. The molecule has 1 aromatic heterocycles. The van der Waals surface area contributed by atoms with Gasteiger partial charge in [0.25, 0.3) is 0 Å². The molecular formula is C42H52N6O4. The third-order valence-electron chi connectivity index (χ3n) is 12.1. The lowest BCUT2D eigenvalue weighted by molar-refractivity contribution is -0.136. The Hall–Kier alpha value is -4.41. The minimum atomic E-state index is -0.412. The Bertz CT molecular complexity index is 1960. The number of aromatic nitrogens is 2. The molecule has 0 spiro atoms. The average Bonchev–Trinajstić information content (AvgIpc) is 3.95. The molecule has 3 N–H and O–H groups in total. The molecule has 5 heterocycles. The first-order chi connectivity index (χ1) is 25.1. The summed E-state index contributed by atoms with van der Waals surface area (Å²) in [5.74, 6) is 2.97. The van der Waals surface area contributed by atoms with E-state index >= 15 is 0 Å². The van der Waals surface area contributed by atoms with E-state index in [1.165, 1.54) is 27.8 Å². The van der Waals surface area contributed by atoms with Crippen molar-refractivity contribution in [3.63, 3.8) is 0 Å². The molecule has 10 nitrogen and oxygen atoms in total. The molecule has 8 rings (SSSR count). The molecule has 1 amide bonds. The molecule has 4 aliphatic heterocycles. The second-order valence-corrected chi connectivity index (χ2v) is 15.8.